The molecule has 0 radical (unpaired) electrons. The molecule has 0 aliphatic rings. The highest BCUT2D eigenvalue weighted by atomic mass is 16.5. The molecule has 0 atom stereocenters. The van der Waals surface area contributed by atoms with E-state index in [1.165, 1.54) is 7.11 Å². The Labute approximate surface area is 118 Å². The minimum atomic E-state index is -0.839. The van der Waals surface area contributed by atoms with Gasteiger partial charge < -0.3 is 14.2 Å². The molecule has 0 aromatic heterocycles. The molecule has 0 aliphatic carbocycles. The van der Waals surface area contributed by atoms with Crippen molar-refractivity contribution < 1.29 is 23.8 Å². The largest absolute Gasteiger partial charge is 0.493 e. The number of esters is 1. The summed E-state index contributed by atoms with van der Waals surface area (Å²) in [4.78, 5) is 22.6. The minimum absolute atomic E-state index is 0.0131. The number of methoxy groups -OCH3 is 2. The lowest BCUT2D eigenvalue weighted by Crippen LogP contribution is -2.17. The molecule has 5 heteroatoms. The van der Waals surface area contributed by atoms with E-state index in [-0.39, 0.29) is 6.42 Å². The summed E-state index contributed by atoms with van der Waals surface area (Å²) < 4.78 is 15.2. The number of rotatable bonds is 8. The van der Waals surface area contributed by atoms with Crippen LogP contribution in [0.5, 0.6) is 11.5 Å². The molecule has 0 heterocycles. The number of carbonyl (C=O) groups is 2. The maximum Gasteiger partial charge on any atom is 0.374 e. The van der Waals surface area contributed by atoms with Gasteiger partial charge in [-0.25, -0.2) is 4.79 Å². The Morgan fingerprint density at radius 1 is 1.15 bits per heavy atom. The van der Waals surface area contributed by atoms with Crippen molar-refractivity contribution in [2.45, 2.75) is 26.2 Å². The van der Waals surface area contributed by atoms with Crippen molar-refractivity contribution in [2.24, 2.45) is 0 Å². The number of benzene rings is 1. The number of unbranched alkanes of at least 4 members (excludes halogenated alkanes) is 1. The highest BCUT2D eigenvalue weighted by Crippen LogP contribution is 2.28. The average Bonchev–Trinajstić information content (AvgIpc) is 2.47. The van der Waals surface area contributed by atoms with E-state index in [0.29, 0.717) is 23.7 Å². The Balaban J connectivity index is 2.80. The summed E-state index contributed by atoms with van der Waals surface area (Å²) in [6.07, 6.45) is 1.96. The molecule has 1 aromatic rings. The van der Waals surface area contributed by atoms with E-state index >= 15 is 0 Å². The van der Waals surface area contributed by atoms with Crippen molar-refractivity contribution in [3.63, 3.8) is 0 Å². The molecule has 0 aliphatic heterocycles. The fraction of sp³-hybridized carbons (Fsp3) is 0.467. The molecule has 20 heavy (non-hydrogen) atoms. The molecule has 0 N–H and O–H groups in total. The first-order valence-corrected chi connectivity index (χ1v) is 6.53. The fourth-order valence-electron chi connectivity index (χ4n) is 1.64. The number of ether oxygens (including phenoxy) is 3. The van der Waals surface area contributed by atoms with Gasteiger partial charge in [-0.1, -0.05) is 19.4 Å². The van der Waals surface area contributed by atoms with Crippen molar-refractivity contribution >= 4 is 11.8 Å². The third-order valence-corrected chi connectivity index (χ3v) is 2.76. The van der Waals surface area contributed by atoms with Gasteiger partial charge in [-0.2, -0.15) is 0 Å². The summed E-state index contributed by atoms with van der Waals surface area (Å²) in [5, 5.41) is 0. The number of Topliss-reactive ketones (excluding diaryl/α,β-unsaturated/α-hetero) is 1. The molecule has 5 nitrogen and oxygen atoms in total. The van der Waals surface area contributed by atoms with Crippen LogP contribution >= 0.6 is 0 Å². The fourth-order valence-corrected chi connectivity index (χ4v) is 1.64. The summed E-state index contributed by atoms with van der Waals surface area (Å²) in [6, 6.07) is 5.17. The van der Waals surface area contributed by atoms with Gasteiger partial charge in [-0.15, -0.1) is 0 Å². The molecule has 0 saturated heterocycles. The molecule has 0 bridgehead atoms. The molecule has 0 saturated carbocycles. The van der Waals surface area contributed by atoms with Crippen LogP contribution in [0.1, 0.15) is 25.3 Å². The number of hydrogen-bond acceptors (Lipinski definition) is 5. The molecule has 110 valence electrons. The van der Waals surface area contributed by atoms with Crippen molar-refractivity contribution in [3.8, 4) is 11.5 Å². The SMILES string of the molecule is CCCCOc1cc(CC(=O)C(=O)OC)ccc1OC. The molecular weight excluding hydrogens is 260 g/mol. The Morgan fingerprint density at radius 2 is 1.90 bits per heavy atom. The van der Waals surface area contributed by atoms with Crippen molar-refractivity contribution in [1.29, 1.82) is 0 Å². The van der Waals surface area contributed by atoms with E-state index in [1.807, 2.05) is 0 Å². The number of ketones is 1. The van der Waals surface area contributed by atoms with Gasteiger partial charge in [0, 0.05) is 6.42 Å². The second-order valence-electron chi connectivity index (χ2n) is 4.28. The summed E-state index contributed by atoms with van der Waals surface area (Å²) in [6.45, 7) is 2.66. The Hall–Kier alpha value is -2.04. The highest BCUT2D eigenvalue weighted by Gasteiger charge is 2.15. The molecule has 0 amide bonds. The zero-order valence-corrected chi connectivity index (χ0v) is 12.1. The topological polar surface area (TPSA) is 61.8 Å². The van der Waals surface area contributed by atoms with Crippen LogP contribution < -0.4 is 9.47 Å². The predicted octanol–water partition coefficient (Wildman–Crippen LogP) is 2.16. The van der Waals surface area contributed by atoms with Gasteiger partial charge in [0.1, 0.15) is 0 Å². The molecule has 0 fully saturated rings. The van der Waals surface area contributed by atoms with Crippen LogP contribution in [0, 0.1) is 0 Å². The molecule has 1 aromatic carbocycles. The van der Waals surface area contributed by atoms with Crippen LogP contribution in [-0.4, -0.2) is 32.6 Å². The zero-order valence-electron chi connectivity index (χ0n) is 12.1. The van der Waals surface area contributed by atoms with Gasteiger partial charge in [0.05, 0.1) is 20.8 Å². The van der Waals surface area contributed by atoms with E-state index in [0.717, 1.165) is 12.8 Å². The van der Waals surface area contributed by atoms with E-state index in [1.54, 1.807) is 25.3 Å². The highest BCUT2D eigenvalue weighted by molar-refractivity contribution is 6.34. The Morgan fingerprint density at radius 3 is 2.50 bits per heavy atom. The van der Waals surface area contributed by atoms with Crippen LogP contribution in [0.4, 0.5) is 0 Å². The lowest BCUT2D eigenvalue weighted by molar-refractivity contribution is -0.151. The third kappa shape index (κ3) is 4.57. The monoisotopic (exact) mass is 280 g/mol. The van der Waals surface area contributed by atoms with Crippen molar-refractivity contribution in [2.75, 3.05) is 20.8 Å². The Kier molecular flexibility index (Phi) is 6.56. The maximum atomic E-state index is 11.5. The second-order valence-corrected chi connectivity index (χ2v) is 4.28. The third-order valence-electron chi connectivity index (χ3n) is 2.76. The normalized spacial score (nSPS) is 9.95. The predicted molar refractivity (Wildman–Crippen MR) is 74.1 cm³/mol. The summed E-state index contributed by atoms with van der Waals surface area (Å²) in [5.74, 6) is -0.238. The lowest BCUT2D eigenvalue weighted by Gasteiger charge is -2.11. The van der Waals surface area contributed by atoms with Gasteiger partial charge in [0.2, 0.25) is 5.78 Å². The molecule has 1 rings (SSSR count). The van der Waals surface area contributed by atoms with Gasteiger partial charge >= 0.3 is 5.97 Å². The smallest absolute Gasteiger partial charge is 0.374 e. The van der Waals surface area contributed by atoms with Gasteiger partial charge in [-0.3, -0.25) is 4.79 Å². The second kappa shape index (κ2) is 8.19. The van der Waals surface area contributed by atoms with Crippen LogP contribution in [0.15, 0.2) is 18.2 Å². The van der Waals surface area contributed by atoms with E-state index < -0.39 is 11.8 Å². The lowest BCUT2D eigenvalue weighted by atomic mass is 10.1. The first-order chi connectivity index (χ1) is 9.62. The van der Waals surface area contributed by atoms with Crippen molar-refractivity contribution in [3.05, 3.63) is 23.8 Å². The van der Waals surface area contributed by atoms with Crippen LogP contribution in [-0.2, 0) is 20.7 Å². The summed E-state index contributed by atoms with van der Waals surface area (Å²) in [7, 11) is 2.74. The standard InChI is InChI=1S/C15H20O5/c1-4-5-8-20-14-10-11(6-7-13(14)18-2)9-12(16)15(17)19-3/h6-7,10H,4-5,8-9H2,1-3H3. The van der Waals surface area contributed by atoms with E-state index in [2.05, 4.69) is 11.7 Å². The number of hydrogen-bond donors (Lipinski definition) is 0. The molecule has 0 unspecified atom stereocenters. The zero-order chi connectivity index (χ0) is 15.0. The van der Waals surface area contributed by atoms with Crippen LogP contribution in [0.3, 0.4) is 0 Å². The van der Waals surface area contributed by atoms with E-state index in [9.17, 15) is 9.59 Å². The molecule has 0 spiro atoms. The van der Waals surface area contributed by atoms with Crippen LogP contribution in [0.2, 0.25) is 0 Å². The summed E-state index contributed by atoms with van der Waals surface area (Å²) in [5.41, 5.74) is 0.688. The quantitative estimate of drug-likeness (QED) is 0.415. The van der Waals surface area contributed by atoms with Gasteiger partial charge in [-0.05, 0) is 24.1 Å². The Bertz CT molecular complexity index is 467. The number of carbonyl (C=O) groups excluding carboxylic acids is 2. The van der Waals surface area contributed by atoms with Crippen molar-refractivity contribution in [1.82, 2.24) is 0 Å². The minimum Gasteiger partial charge on any atom is -0.493 e. The van der Waals surface area contributed by atoms with Gasteiger partial charge in [0.25, 0.3) is 0 Å². The van der Waals surface area contributed by atoms with E-state index in [4.69, 9.17) is 9.47 Å². The summed E-state index contributed by atoms with van der Waals surface area (Å²) >= 11 is 0. The maximum absolute atomic E-state index is 11.5. The molecular formula is C15H20O5. The first-order valence-electron chi connectivity index (χ1n) is 6.53. The first kappa shape index (κ1) is 16.0. The average molecular weight is 280 g/mol. The van der Waals surface area contributed by atoms with Crippen LogP contribution in [0.25, 0.3) is 0 Å². The van der Waals surface area contributed by atoms with Gasteiger partial charge in [0.15, 0.2) is 11.5 Å².